The Morgan fingerprint density at radius 3 is 2.57 bits per heavy atom. The molecular formula is C11H20N2S. The van der Waals surface area contributed by atoms with Crippen LogP contribution >= 0.6 is 12.2 Å². The molecular weight excluding hydrogens is 192 g/mol. The lowest BCUT2D eigenvalue weighted by Crippen LogP contribution is -2.25. The highest BCUT2D eigenvalue weighted by molar-refractivity contribution is 7.80. The Labute approximate surface area is 92.3 Å². The summed E-state index contributed by atoms with van der Waals surface area (Å²) in [5, 5.41) is 3.24. The van der Waals surface area contributed by atoms with Gasteiger partial charge in [0.1, 0.15) is 0 Å². The van der Waals surface area contributed by atoms with Crippen molar-refractivity contribution in [1.82, 2.24) is 5.32 Å². The number of rotatable bonds is 5. The summed E-state index contributed by atoms with van der Waals surface area (Å²) in [6.45, 7) is 6.30. The number of nitrogens with one attached hydrogen (secondary N) is 1. The molecule has 0 aliphatic carbocycles. The standard InChI is InChI=1S/C11H20N2S/c1-4-6-10(7-5-8-12)13-11(14)9(2)3/h5,7-9H,4,6,12H2,1-3H3,(H,13,14)/b8-5-,10-7+. The second-order valence-electron chi connectivity index (χ2n) is 3.47. The molecule has 0 heterocycles. The first-order valence-corrected chi connectivity index (χ1v) is 5.41. The first-order chi connectivity index (χ1) is 6.61. The van der Waals surface area contributed by atoms with Crippen molar-refractivity contribution in [2.75, 3.05) is 0 Å². The monoisotopic (exact) mass is 212 g/mol. The van der Waals surface area contributed by atoms with Gasteiger partial charge >= 0.3 is 0 Å². The van der Waals surface area contributed by atoms with Gasteiger partial charge in [-0.05, 0) is 24.8 Å². The van der Waals surface area contributed by atoms with Gasteiger partial charge in [-0.2, -0.15) is 0 Å². The maximum Gasteiger partial charge on any atom is 0.0820 e. The van der Waals surface area contributed by atoms with Crippen molar-refractivity contribution in [2.45, 2.75) is 33.6 Å². The van der Waals surface area contributed by atoms with Crippen molar-refractivity contribution >= 4 is 17.2 Å². The molecule has 0 saturated carbocycles. The van der Waals surface area contributed by atoms with Gasteiger partial charge < -0.3 is 11.1 Å². The topological polar surface area (TPSA) is 38.0 Å². The summed E-state index contributed by atoms with van der Waals surface area (Å²) in [7, 11) is 0. The summed E-state index contributed by atoms with van der Waals surface area (Å²) >= 11 is 5.21. The first kappa shape index (κ1) is 13.2. The van der Waals surface area contributed by atoms with Crippen molar-refractivity contribution in [1.29, 1.82) is 0 Å². The molecule has 0 saturated heterocycles. The minimum Gasteiger partial charge on any atom is -0.405 e. The van der Waals surface area contributed by atoms with Crippen molar-refractivity contribution in [3.63, 3.8) is 0 Å². The van der Waals surface area contributed by atoms with Crippen LogP contribution < -0.4 is 11.1 Å². The van der Waals surface area contributed by atoms with Gasteiger partial charge in [0.2, 0.25) is 0 Å². The van der Waals surface area contributed by atoms with Crippen LogP contribution in [0.4, 0.5) is 0 Å². The van der Waals surface area contributed by atoms with Gasteiger partial charge in [-0.15, -0.1) is 0 Å². The molecule has 0 aromatic carbocycles. The fourth-order valence-electron chi connectivity index (χ4n) is 0.931. The zero-order valence-electron chi connectivity index (χ0n) is 9.21. The molecule has 14 heavy (non-hydrogen) atoms. The molecule has 0 spiro atoms. The van der Waals surface area contributed by atoms with Crippen LogP contribution in [0.15, 0.2) is 24.0 Å². The van der Waals surface area contributed by atoms with E-state index in [1.165, 1.54) is 6.20 Å². The second-order valence-corrected chi connectivity index (χ2v) is 3.91. The molecule has 0 fully saturated rings. The lowest BCUT2D eigenvalue weighted by Gasteiger charge is -2.13. The predicted molar refractivity (Wildman–Crippen MR) is 66.9 cm³/mol. The van der Waals surface area contributed by atoms with E-state index in [4.69, 9.17) is 18.0 Å². The van der Waals surface area contributed by atoms with E-state index in [0.717, 1.165) is 23.5 Å². The molecule has 0 atom stereocenters. The molecule has 0 aromatic heterocycles. The minimum absolute atomic E-state index is 0.382. The molecule has 3 heteroatoms. The van der Waals surface area contributed by atoms with Gasteiger partial charge in [0.25, 0.3) is 0 Å². The molecule has 0 rings (SSSR count). The lowest BCUT2D eigenvalue weighted by molar-refractivity contribution is 0.811. The third kappa shape index (κ3) is 5.75. The fourth-order valence-corrected chi connectivity index (χ4v) is 1.06. The van der Waals surface area contributed by atoms with E-state index in [2.05, 4.69) is 26.1 Å². The van der Waals surface area contributed by atoms with Crippen molar-refractivity contribution in [3.05, 3.63) is 24.0 Å². The molecule has 0 aliphatic rings. The number of nitrogens with two attached hydrogens (primary N) is 1. The Kier molecular flexibility index (Phi) is 7.11. The number of allylic oxidation sites excluding steroid dienone is 3. The highest BCUT2D eigenvalue weighted by Gasteiger charge is 2.03. The largest absolute Gasteiger partial charge is 0.405 e. The Bertz CT molecular complexity index is 229. The molecule has 0 amide bonds. The summed E-state index contributed by atoms with van der Waals surface area (Å²) in [6.07, 6.45) is 7.41. The zero-order valence-corrected chi connectivity index (χ0v) is 10.0. The Balaban J connectivity index is 4.29. The maximum atomic E-state index is 5.28. The average molecular weight is 212 g/mol. The quantitative estimate of drug-likeness (QED) is 0.543. The maximum absolute atomic E-state index is 5.28. The van der Waals surface area contributed by atoms with E-state index in [1.54, 1.807) is 0 Å². The van der Waals surface area contributed by atoms with Crippen LogP contribution in [0.2, 0.25) is 0 Å². The summed E-state index contributed by atoms with van der Waals surface area (Å²) < 4.78 is 0. The molecule has 0 bridgehead atoms. The number of hydrogen-bond donors (Lipinski definition) is 2. The highest BCUT2D eigenvalue weighted by Crippen LogP contribution is 2.04. The van der Waals surface area contributed by atoms with Gasteiger partial charge in [-0.3, -0.25) is 0 Å². The second kappa shape index (κ2) is 7.56. The predicted octanol–water partition coefficient (Wildman–Crippen LogP) is 2.72. The van der Waals surface area contributed by atoms with Gasteiger partial charge in [0.05, 0.1) is 4.99 Å². The van der Waals surface area contributed by atoms with Gasteiger partial charge in [0.15, 0.2) is 0 Å². The van der Waals surface area contributed by atoms with E-state index in [-0.39, 0.29) is 0 Å². The van der Waals surface area contributed by atoms with Gasteiger partial charge in [-0.1, -0.05) is 39.4 Å². The molecule has 80 valence electrons. The third-order valence-electron chi connectivity index (χ3n) is 1.74. The van der Waals surface area contributed by atoms with Crippen LogP contribution in [0.25, 0.3) is 0 Å². The smallest absolute Gasteiger partial charge is 0.0820 e. The van der Waals surface area contributed by atoms with Crippen molar-refractivity contribution in [2.24, 2.45) is 11.7 Å². The number of hydrogen-bond acceptors (Lipinski definition) is 2. The summed E-state index contributed by atoms with van der Waals surface area (Å²) in [5.74, 6) is 0.382. The molecule has 3 N–H and O–H groups in total. The average Bonchev–Trinajstić information content (AvgIpc) is 2.14. The fraction of sp³-hybridized carbons (Fsp3) is 0.545. The molecule has 0 unspecified atom stereocenters. The number of thiocarbonyl (C=S) groups is 1. The van der Waals surface area contributed by atoms with E-state index < -0.39 is 0 Å². The summed E-state index contributed by atoms with van der Waals surface area (Å²) in [6, 6.07) is 0. The lowest BCUT2D eigenvalue weighted by atomic mass is 10.2. The Morgan fingerprint density at radius 2 is 2.14 bits per heavy atom. The molecule has 2 nitrogen and oxygen atoms in total. The third-order valence-corrected chi connectivity index (χ3v) is 2.31. The minimum atomic E-state index is 0.382. The van der Waals surface area contributed by atoms with Crippen molar-refractivity contribution < 1.29 is 0 Å². The molecule has 0 aromatic rings. The van der Waals surface area contributed by atoms with Crippen LogP contribution in [0.5, 0.6) is 0 Å². The first-order valence-electron chi connectivity index (χ1n) is 5.00. The van der Waals surface area contributed by atoms with Gasteiger partial charge in [0, 0.05) is 11.6 Å². The van der Waals surface area contributed by atoms with Crippen LogP contribution in [0, 0.1) is 5.92 Å². The molecule has 0 radical (unpaired) electrons. The zero-order chi connectivity index (χ0) is 11.0. The van der Waals surface area contributed by atoms with Crippen LogP contribution in [-0.4, -0.2) is 4.99 Å². The SMILES string of the molecule is CCC/C(=C\C=C/N)NC(=S)C(C)C. The normalized spacial score (nSPS) is 12.4. The van der Waals surface area contributed by atoms with Crippen LogP contribution in [0.3, 0.4) is 0 Å². The van der Waals surface area contributed by atoms with Gasteiger partial charge in [-0.25, -0.2) is 0 Å². The van der Waals surface area contributed by atoms with E-state index >= 15 is 0 Å². The highest BCUT2D eigenvalue weighted by atomic mass is 32.1. The molecule has 0 aliphatic heterocycles. The van der Waals surface area contributed by atoms with E-state index in [0.29, 0.717) is 5.92 Å². The van der Waals surface area contributed by atoms with E-state index in [1.807, 2.05) is 12.2 Å². The van der Waals surface area contributed by atoms with Crippen molar-refractivity contribution in [3.8, 4) is 0 Å². The van der Waals surface area contributed by atoms with Crippen LogP contribution in [-0.2, 0) is 0 Å². The Morgan fingerprint density at radius 1 is 1.50 bits per heavy atom. The summed E-state index contributed by atoms with van der Waals surface area (Å²) in [4.78, 5) is 0.884. The summed E-state index contributed by atoms with van der Waals surface area (Å²) in [5.41, 5.74) is 6.41. The van der Waals surface area contributed by atoms with Crippen LogP contribution in [0.1, 0.15) is 33.6 Å². The Hall–Kier alpha value is -0.830. The van der Waals surface area contributed by atoms with E-state index in [9.17, 15) is 0 Å².